The number of carbonyl (C=O) groups is 1. The van der Waals surface area contributed by atoms with Gasteiger partial charge in [0.15, 0.2) is 17.0 Å². The first kappa shape index (κ1) is 28.3. The summed E-state index contributed by atoms with van der Waals surface area (Å²) in [6, 6.07) is -1.96. The molecule has 212 valence electrons. The van der Waals surface area contributed by atoms with Crippen LogP contribution in [0.15, 0.2) is 6.33 Å². The van der Waals surface area contributed by atoms with E-state index in [0.717, 1.165) is 19.3 Å². The number of rotatable bonds is 9. The zero-order chi connectivity index (χ0) is 27.8. The predicted molar refractivity (Wildman–Crippen MR) is 136 cm³/mol. The number of alkyl halides is 3. The summed E-state index contributed by atoms with van der Waals surface area (Å²) >= 11 is 0. The van der Waals surface area contributed by atoms with Crippen molar-refractivity contribution in [1.82, 2.24) is 24.4 Å². The van der Waals surface area contributed by atoms with Crippen LogP contribution in [-0.4, -0.2) is 96.7 Å². The molecule has 1 amide bonds. The van der Waals surface area contributed by atoms with Gasteiger partial charge in [-0.1, -0.05) is 20.8 Å². The summed E-state index contributed by atoms with van der Waals surface area (Å²) in [5.41, 5.74) is 6.93. The van der Waals surface area contributed by atoms with Crippen LogP contribution >= 0.6 is 0 Å². The van der Waals surface area contributed by atoms with E-state index in [1.54, 1.807) is 11.5 Å². The Kier molecular flexibility index (Phi) is 8.33. The first-order chi connectivity index (χ1) is 18.0. The lowest BCUT2D eigenvalue weighted by atomic mass is 10.1. The van der Waals surface area contributed by atoms with Gasteiger partial charge in [-0.3, -0.25) is 4.79 Å². The number of carbonyl (C=O) groups excluding carboxylic acids is 1. The Morgan fingerprint density at radius 3 is 2.53 bits per heavy atom. The van der Waals surface area contributed by atoms with E-state index in [1.165, 1.54) is 6.33 Å². The number of amides is 1. The number of imidazole rings is 1. The van der Waals surface area contributed by atoms with Crippen LogP contribution in [0, 0.1) is 0 Å². The van der Waals surface area contributed by atoms with Crippen LogP contribution in [-0.2, 0) is 4.79 Å². The van der Waals surface area contributed by atoms with Gasteiger partial charge >= 0.3 is 12.1 Å². The SMILES string of the molecule is CCCN(C(=O)C(F)(F)F)[C@H]1C[C@@H](n2cnc3c(NC(CC)CC)nc(N4CC[C@@H](N)C4)nc32)[C@H](O)[C@@H]1O. The number of anilines is 2. The molecule has 5 atom stereocenters. The third-order valence-electron chi connectivity index (χ3n) is 7.59. The van der Waals surface area contributed by atoms with Crippen LogP contribution < -0.4 is 16.0 Å². The fourth-order valence-corrected chi connectivity index (χ4v) is 5.44. The largest absolute Gasteiger partial charge is 0.471 e. The molecule has 1 saturated carbocycles. The molecule has 0 radical (unpaired) electrons. The van der Waals surface area contributed by atoms with Crippen LogP contribution in [0.4, 0.5) is 24.9 Å². The van der Waals surface area contributed by atoms with E-state index in [1.807, 2.05) is 4.90 Å². The van der Waals surface area contributed by atoms with Crippen LogP contribution in [0.25, 0.3) is 11.2 Å². The molecule has 2 aliphatic rings. The molecule has 0 bridgehead atoms. The molecular formula is C24H37F3N8O3. The summed E-state index contributed by atoms with van der Waals surface area (Å²) in [7, 11) is 0. The number of hydrogen-bond donors (Lipinski definition) is 4. The van der Waals surface area contributed by atoms with Gasteiger partial charge in [0, 0.05) is 31.7 Å². The summed E-state index contributed by atoms with van der Waals surface area (Å²) in [4.78, 5) is 28.7. The van der Waals surface area contributed by atoms with Gasteiger partial charge in [0.2, 0.25) is 5.95 Å². The van der Waals surface area contributed by atoms with E-state index in [4.69, 9.17) is 15.7 Å². The van der Waals surface area contributed by atoms with Crippen molar-refractivity contribution in [3.63, 3.8) is 0 Å². The molecule has 0 spiro atoms. The molecule has 2 fully saturated rings. The average Bonchev–Trinajstić information content (AvgIpc) is 3.58. The predicted octanol–water partition coefficient (Wildman–Crippen LogP) is 1.80. The van der Waals surface area contributed by atoms with Gasteiger partial charge < -0.3 is 35.6 Å². The summed E-state index contributed by atoms with van der Waals surface area (Å²) in [6.45, 7) is 6.80. The van der Waals surface area contributed by atoms with E-state index in [9.17, 15) is 28.2 Å². The quantitative estimate of drug-likeness (QED) is 0.373. The van der Waals surface area contributed by atoms with Crippen LogP contribution in [0.1, 0.15) is 58.9 Å². The highest BCUT2D eigenvalue weighted by molar-refractivity contribution is 5.85. The summed E-state index contributed by atoms with van der Waals surface area (Å²) in [5.74, 6) is -1.08. The lowest BCUT2D eigenvalue weighted by molar-refractivity contribution is -0.190. The highest BCUT2D eigenvalue weighted by atomic mass is 19.4. The first-order valence-electron chi connectivity index (χ1n) is 13.3. The second kappa shape index (κ2) is 11.2. The van der Waals surface area contributed by atoms with Crippen molar-refractivity contribution in [3.05, 3.63) is 6.33 Å². The zero-order valence-corrected chi connectivity index (χ0v) is 21.9. The van der Waals surface area contributed by atoms with E-state index in [2.05, 4.69) is 24.1 Å². The minimum Gasteiger partial charge on any atom is -0.388 e. The Labute approximate surface area is 219 Å². The number of aliphatic hydroxyl groups excluding tert-OH is 2. The average molecular weight is 543 g/mol. The molecule has 0 unspecified atom stereocenters. The fourth-order valence-electron chi connectivity index (χ4n) is 5.44. The van der Waals surface area contributed by atoms with Crippen LogP contribution in [0.2, 0.25) is 0 Å². The van der Waals surface area contributed by atoms with Crippen molar-refractivity contribution in [2.24, 2.45) is 5.73 Å². The number of hydrogen-bond acceptors (Lipinski definition) is 9. The van der Waals surface area contributed by atoms with Crippen molar-refractivity contribution in [3.8, 4) is 0 Å². The Morgan fingerprint density at radius 1 is 1.24 bits per heavy atom. The van der Waals surface area contributed by atoms with E-state index in [0.29, 0.717) is 40.9 Å². The maximum atomic E-state index is 13.3. The monoisotopic (exact) mass is 542 g/mol. The standard InChI is InChI=1S/C24H37F3N8O3/c1-4-8-34(22(38)24(25,26)27)15-10-16(19(37)18(15)36)35-12-29-17-20(30-14(5-2)6-3)31-23(32-21(17)35)33-9-7-13(28)11-33/h12-16,18-19,36-37H,4-11,28H2,1-3H3,(H,30,31,32)/t13-,15+,16-,18-,19+/m1/s1. The Balaban J connectivity index is 1.74. The number of nitrogens with zero attached hydrogens (tertiary/aromatic N) is 6. The molecule has 38 heavy (non-hydrogen) atoms. The highest BCUT2D eigenvalue weighted by Gasteiger charge is 2.51. The van der Waals surface area contributed by atoms with Gasteiger partial charge in [-0.05, 0) is 32.1 Å². The maximum absolute atomic E-state index is 13.3. The van der Waals surface area contributed by atoms with Crippen molar-refractivity contribution in [2.75, 3.05) is 29.9 Å². The van der Waals surface area contributed by atoms with Gasteiger partial charge in [0.1, 0.15) is 12.2 Å². The lowest BCUT2D eigenvalue weighted by Gasteiger charge is -2.31. The number of fused-ring (bicyclic) bond motifs is 1. The molecule has 5 N–H and O–H groups in total. The summed E-state index contributed by atoms with van der Waals surface area (Å²) in [6.07, 6.45) is -4.00. The molecule has 4 rings (SSSR count). The van der Waals surface area contributed by atoms with E-state index in [-0.39, 0.29) is 31.5 Å². The molecule has 14 heteroatoms. The molecule has 3 heterocycles. The number of aliphatic hydroxyl groups is 2. The molecule has 1 saturated heterocycles. The lowest BCUT2D eigenvalue weighted by Crippen LogP contribution is -2.51. The Morgan fingerprint density at radius 2 is 1.95 bits per heavy atom. The molecular weight excluding hydrogens is 505 g/mol. The molecule has 2 aromatic rings. The number of aromatic nitrogens is 4. The number of nitrogens with two attached hydrogens (primary N) is 1. The molecule has 0 aromatic carbocycles. The minimum atomic E-state index is -5.09. The van der Waals surface area contributed by atoms with E-state index >= 15 is 0 Å². The number of nitrogens with one attached hydrogen (secondary N) is 1. The first-order valence-corrected chi connectivity index (χ1v) is 13.3. The minimum absolute atomic E-state index is 0.0158. The molecule has 2 aromatic heterocycles. The van der Waals surface area contributed by atoms with Gasteiger partial charge in [0.25, 0.3) is 0 Å². The van der Waals surface area contributed by atoms with Crippen molar-refractivity contribution in [2.45, 2.75) is 95.4 Å². The van der Waals surface area contributed by atoms with Crippen molar-refractivity contribution >= 4 is 28.8 Å². The second-order valence-corrected chi connectivity index (χ2v) is 10.2. The second-order valence-electron chi connectivity index (χ2n) is 10.2. The fraction of sp³-hybridized carbons (Fsp3) is 0.750. The van der Waals surface area contributed by atoms with Gasteiger partial charge in [0.05, 0.1) is 18.4 Å². The maximum Gasteiger partial charge on any atom is 0.471 e. The Hall–Kier alpha value is -2.71. The van der Waals surface area contributed by atoms with Crippen molar-refractivity contribution in [1.29, 1.82) is 0 Å². The van der Waals surface area contributed by atoms with Gasteiger partial charge in [-0.25, -0.2) is 4.98 Å². The topological polar surface area (TPSA) is 146 Å². The zero-order valence-electron chi connectivity index (χ0n) is 21.9. The van der Waals surface area contributed by atoms with Gasteiger partial charge in [-0.2, -0.15) is 23.1 Å². The molecule has 1 aliphatic carbocycles. The number of halogens is 3. The third-order valence-corrected chi connectivity index (χ3v) is 7.59. The molecule has 11 nitrogen and oxygen atoms in total. The Bertz CT molecular complexity index is 1130. The normalized spacial score (nSPS) is 26.1. The summed E-state index contributed by atoms with van der Waals surface area (Å²) < 4.78 is 41.5. The third kappa shape index (κ3) is 5.38. The van der Waals surface area contributed by atoms with Crippen LogP contribution in [0.3, 0.4) is 0 Å². The van der Waals surface area contributed by atoms with Crippen LogP contribution in [0.5, 0.6) is 0 Å². The summed E-state index contributed by atoms with van der Waals surface area (Å²) in [5, 5.41) is 25.2. The van der Waals surface area contributed by atoms with E-state index < -0.39 is 36.4 Å². The van der Waals surface area contributed by atoms with Gasteiger partial charge in [-0.15, -0.1) is 0 Å². The van der Waals surface area contributed by atoms with Crippen molar-refractivity contribution < 1.29 is 28.2 Å². The highest BCUT2D eigenvalue weighted by Crippen LogP contribution is 2.38. The molecule has 1 aliphatic heterocycles. The smallest absolute Gasteiger partial charge is 0.388 e.